The van der Waals surface area contributed by atoms with Gasteiger partial charge in [0.05, 0.1) is 18.7 Å². The van der Waals surface area contributed by atoms with Crippen molar-refractivity contribution in [3.8, 4) is 5.75 Å². The van der Waals surface area contributed by atoms with E-state index in [0.29, 0.717) is 22.3 Å². The summed E-state index contributed by atoms with van der Waals surface area (Å²) in [5, 5.41) is 11.5. The lowest BCUT2D eigenvalue weighted by Gasteiger charge is -2.27. The topological polar surface area (TPSA) is 80.0 Å². The number of hydrogen-bond donors (Lipinski definition) is 1. The fourth-order valence-electron chi connectivity index (χ4n) is 4.08. The van der Waals surface area contributed by atoms with Gasteiger partial charge >= 0.3 is 0 Å². The number of halogens is 1. The lowest BCUT2D eigenvalue weighted by atomic mass is 9.94. The van der Waals surface area contributed by atoms with Crippen molar-refractivity contribution in [3.63, 3.8) is 0 Å². The lowest BCUT2D eigenvalue weighted by molar-refractivity contribution is -0.117. The van der Waals surface area contributed by atoms with E-state index in [1.54, 1.807) is 48.5 Å². The van der Waals surface area contributed by atoms with Crippen LogP contribution in [0.1, 0.15) is 22.2 Å². The summed E-state index contributed by atoms with van der Waals surface area (Å²) < 4.78 is 25.0. The van der Waals surface area contributed by atoms with E-state index >= 15 is 0 Å². The highest BCUT2D eigenvalue weighted by Gasteiger charge is 2.45. The summed E-state index contributed by atoms with van der Waals surface area (Å²) in [6, 6.07) is 19.9. The van der Waals surface area contributed by atoms with Gasteiger partial charge in [0.2, 0.25) is 5.78 Å². The van der Waals surface area contributed by atoms with Gasteiger partial charge in [-0.1, -0.05) is 36.4 Å². The van der Waals surface area contributed by atoms with E-state index in [4.69, 9.17) is 9.15 Å². The third-order valence-electron chi connectivity index (χ3n) is 5.60. The highest BCUT2D eigenvalue weighted by atomic mass is 19.1. The lowest BCUT2D eigenvalue weighted by Crippen LogP contribution is -2.31. The first-order chi connectivity index (χ1) is 16.0. The van der Waals surface area contributed by atoms with Gasteiger partial charge < -0.3 is 14.3 Å². The van der Waals surface area contributed by atoms with Crippen LogP contribution >= 0.6 is 0 Å². The fourth-order valence-corrected chi connectivity index (χ4v) is 4.08. The van der Waals surface area contributed by atoms with Crippen LogP contribution in [-0.4, -0.2) is 23.9 Å². The molecule has 0 aliphatic carbocycles. The number of Topliss-reactive ketones (excluding diaryl/α,β-unsaturated/α-hetero) is 1. The van der Waals surface area contributed by atoms with Gasteiger partial charge in [-0.2, -0.15) is 0 Å². The number of aliphatic hydroxyl groups excluding tert-OH is 1. The Morgan fingerprint density at radius 1 is 1.03 bits per heavy atom. The second-order valence-electron chi connectivity index (χ2n) is 7.57. The number of nitrogens with zero attached hydrogens (tertiary/aromatic N) is 1. The smallest absolute Gasteiger partial charge is 0.294 e. The van der Waals surface area contributed by atoms with Crippen molar-refractivity contribution in [1.82, 2.24) is 0 Å². The van der Waals surface area contributed by atoms with Gasteiger partial charge in [-0.25, -0.2) is 4.39 Å². The van der Waals surface area contributed by atoms with Crippen LogP contribution in [0.3, 0.4) is 0 Å². The molecule has 1 aliphatic heterocycles. The minimum atomic E-state index is -1.02. The summed E-state index contributed by atoms with van der Waals surface area (Å²) in [5.74, 6) is -2.23. The minimum absolute atomic E-state index is 0.0143. The van der Waals surface area contributed by atoms with Crippen LogP contribution in [0.4, 0.5) is 10.1 Å². The minimum Gasteiger partial charge on any atom is -0.503 e. The van der Waals surface area contributed by atoms with E-state index in [2.05, 4.69) is 0 Å². The second kappa shape index (κ2) is 7.94. The average Bonchev–Trinajstić information content (AvgIpc) is 3.38. The number of carbonyl (C=O) groups excluding carboxylic acids is 2. The third-order valence-corrected chi connectivity index (χ3v) is 5.60. The van der Waals surface area contributed by atoms with Crippen LogP contribution in [-0.2, 0) is 4.79 Å². The number of carbonyl (C=O) groups is 2. The number of amides is 1. The largest absolute Gasteiger partial charge is 0.503 e. The van der Waals surface area contributed by atoms with Gasteiger partial charge in [0.15, 0.2) is 11.5 Å². The number of benzene rings is 3. The van der Waals surface area contributed by atoms with Crippen LogP contribution in [0, 0.1) is 5.82 Å². The van der Waals surface area contributed by atoms with E-state index in [0.717, 1.165) is 0 Å². The predicted molar refractivity (Wildman–Crippen MR) is 120 cm³/mol. The molecule has 0 spiro atoms. The summed E-state index contributed by atoms with van der Waals surface area (Å²) in [4.78, 5) is 27.9. The first-order valence-corrected chi connectivity index (χ1v) is 10.2. The molecule has 3 aromatic carbocycles. The van der Waals surface area contributed by atoms with E-state index in [1.165, 1.54) is 36.3 Å². The number of furan rings is 1. The highest BCUT2D eigenvalue weighted by molar-refractivity contribution is 6.20. The van der Waals surface area contributed by atoms with Crippen molar-refractivity contribution >= 4 is 28.3 Å². The van der Waals surface area contributed by atoms with Crippen molar-refractivity contribution in [3.05, 3.63) is 107 Å². The van der Waals surface area contributed by atoms with E-state index < -0.39 is 29.3 Å². The predicted octanol–water partition coefficient (Wildman–Crippen LogP) is 5.36. The van der Waals surface area contributed by atoms with E-state index in [9.17, 15) is 19.1 Å². The molecule has 164 valence electrons. The normalized spacial score (nSPS) is 16.0. The molecule has 1 amide bonds. The molecule has 4 aromatic rings. The second-order valence-corrected chi connectivity index (χ2v) is 7.57. The Kier molecular flexibility index (Phi) is 4.94. The summed E-state index contributed by atoms with van der Waals surface area (Å²) in [7, 11) is 1.50. The average molecular weight is 443 g/mol. The molecule has 1 aromatic heterocycles. The maximum Gasteiger partial charge on any atom is 0.294 e. The monoisotopic (exact) mass is 443 g/mol. The van der Waals surface area contributed by atoms with E-state index in [1.807, 2.05) is 6.07 Å². The molecule has 1 unspecified atom stereocenters. The molecular weight excluding hydrogens is 425 g/mol. The number of hydrogen-bond acceptors (Lipinski definition) is 5. The molecule has 2 heterocycles. The molecule has 1 N–H and O–H groups in total. The van der Waals surface area contributed by atoms with Gasteiger partial charge in [-0.3, -0.25) is 14.5 Å². The van der Waals surface area contributed by atoms with Gasteiger partial charge in [0.1, 0.15) is 17.1 Å². The van der Waals surface area contributed by atoms with Crippen molar-refractivity contribution < 1.29 is 28.2 Å². The maximum absolute atomic E-state index is 14.0. The zero-order valence-electron chi connectivity index (χ0n) is 17.5. The summed E-state index contributed by atoms with van der Waals surface area (Å²) in [5.41, 5.74) is 1.06. The summed E-state index contributed by atoms with van der Waals surface area (Å²) in [6.07, 6.45) is 0. The number of anilines is 1. The molecule has 0 bridgehead atoms. The third kappa shape index (κ3) is 3.43. The Morgan fingerprint density at radius 2 is 1.82 bits per heavy atom. The van der Waals surface area contributed by atoms with Crippen LogP contribution in [0.2, 0.25) is 0 Å². The molecule has 0 fully saturated rings. The number of ether oxygens (including phenoxy) is 1. The number of aliphatic hydroxyl groups is 1. The molecular formula is C26H18FNO5. The molecule has 5 rings (SSSR count). The van der Waals surface area contributed by atoms with Gasteiger partial charge in [0, 0.05) is 11.1 Å². The van der Waals surface area contributed by atoms with E-state index in [-0.39, 0.29) is 17.0 Å². The first-order valence-electron chi connectivity index (χ1n) is 10.2. The molecule has 1 aliphatic rings. The molecule has 0 saturated carbocycles. The quantitative estimate of drug-likeness (QED) is 0.420. The van der Waals surface area contributed by atoms with Crippen molar-refractivity contribution in [2.24, 2.45) is 0 Å². The Balaban J connectivity index is 1.68. The molecule has 0 saturated heterocycles. The Bertz CT molecular complexity index is 1400. The SMILES string of the molecule is COc1cccc(C2C(C(=O)c3cc4ccccc4o3)=C(O)C(=O)N2c2cccc(F)c2)c1. The zero-order chi connectivity index (χ0) is 23.1. The molecule has 1 atom stereocenters. The van der Waals surface area contributed by atoms with Crippen molar-refractivity contribution in [2.75, 3.05) is 12.0 Å². The van der Waals surface area contributed by atoms with Gasteiger partial charge in [0.25, 0.3) is 5.91 Å². The van der Waals surface area contributed by atoms with Gasteiger partial charge in [-0.15, -0.1) is 0 Å². The fraction of sp³-hybridized carbons (Fsp3) is 0.0769. The number of rotatable bonds is 5. The van der Waals surface area contributed by atoms with Crippen LogP contribution < -0.4 is 9.64 Å². The Hall–Kier alpha value is -4.39. The number of ketones is 1. The van der Waals surface area contributed by atoms with Crippen molar-refractivity contribution in [2.45, 2.75) is 6.04 Å². The molecule has 6 nitrogen and oxygen atoms in total. The zero-order valence-corrected chi connectivity index (χ0v) is 17.5. The summed E-state index contributed by atoms with van der Waals surface area (Å²) >= 11 is 0. The maximum atomic E-state index is 14.0. The summed E-state index contributed by atoms with van der Waals surface area (Å²) in [6.45, 7) is 0. The molecule has 7 heteroatoms. The van der Waals surface area contributed by atoms with Crippen molar-refractivity contribution in [1.29, 1.82) is 0 Å². The number of methoxy groups -OCH3 is 1. The first kappa shape index (κ1) is 20.5. The standard InChI is InChI=1S/C26H18FNO5/c1-32-19-10-4-7-16(12-19)23-22(24(29)21-13-15-6-2-3-11-20(15)33-21)25(30)26(31)28(23)18-9-5-8-17(27)14-18/h2-14,23,30H,1H3. The van der Waals surface area contributed by atoms with Crippen LogP contribution in [0.15, 0.2) is 94.6 Å². The van der Waals surface area contributed by atoms with Crippen LogP contribution in [0.5, 0.6) is 5.75 Å². The van der Waals surface area contributed by atoms with Gasteiger partial charge in [-0.05, 0) is 48.0 Å². The Morgan fingerprint density at radius 3 is 2.58 bits per heavy atom. The Labute approximate surface area is 188 Å². The van der Waals surface area contributed by atoms with Crippen LogP contribution in [0.25, 0.3) is 11.0 Å². The number of para-hydroxylation sites is 1. The highest BCUT2D eigenvalue weighted by Crippen LogP contribution is 2.43. The number of fused-ring (bicyclic) bond motifs is 1. The molecule has 33 heavy (non-hydrogen) atoms. The molecule has 0 radical (unpaired) electrons.